The van der Waals surface area contributed by atoms with Crippen LogP contribution in [0.1, 0.15) is 182 Å². The average molecular weight is 423 g/mol. The molecule has 0 aromatic carbocycles. The van der Waals surface area contributed by atoms with Gasteiger partial charge in [-0.25, -0.2) is 0 Å². The summed E-state index contributed by atoms with van der Waals surface area (Å²) in [7, 11) is 0. The van der Waals surface area contributed by atoms with Crippen LogP contribution >= 0.6 is 0 Å². The monoisotopic (exact) mass is 422 g/mol. The fourth-order valence-electron chi connectivity index (χ4n) is 5.20. The molecule has 1 unspecified atom stereocenters. The summed E-state index contributed by atoms with van der Waals surface area (Å²) in [6.07, 6.45) is 35.3. The summed E-state index contributed by atoms with van der Waals surface area (Å²) < 4.78 is 0. The number of hydrogen-bond donors (Lipinski definition) is 0. The van der Waals surface area contributed by atoms with Crippen molar-refractivity contribution in [2.24, 2.45) is 11.8 Å². The molecule has 0 amide bonds. The molecule has 0 aromatic heterocycles. The van der Waals surface area contributed by atoms with E-state index in [1.807, 2.05) is 0 Å². The summed E-state index contributed by atoms with van der Waals surface area (Å²) >= 11 is 0. The van der Waals surface area contributed by atoms with E-state index in [-0.39, 0.29) is 0 Å². The lowest BCUT2D eigenvalue weighted by molar-refractivity contribution is 0.282. The molecular weight excluding hydrogens is 360 g/mol. The van der Waals surface area contributed by atoms with Crippen LogP contribution in [0.3, 0.4) is 0 Å². The van der Waals surface area contributed by atoms with Gasteiger partial charge >= 0.3 is 0 Å². The van der Waals surface area contributed by atoms with Crippen molar-refractivity contribution in [1.29, 1.82) is 0 Å². The van der Waals surface area contributed by atoms with Crippen LogP contribution in [-0.4, -0.2) is 0 Å². The minimum absolute atomic E-state index is 1.03. The predicted molar refractivity (Wildman–Crippen MR) is 140 cm³/mol. The van der Waals surface area contributed by atoms with E-state index in [9.17, 15) is 0 Å². The van der Waals surface area contributed by atoms with Gasteiger partial charge in [0.1, 0.15) is 0 Å². The molecule has 0 aromatic rings. The molecule has 0 radical (unpaired) electrons. The molecule has 0 aliphatic heterocycles. The van der Waals surface area contributed by atoms with E-state index in [1.165, 1.54) is 148 Å². The number of hydrogen-bond acceptors (Lipinski definition) is 0. The third-order valence-corrected chi connectivity index (χ3v) is 7.28. The van der Waals surface area contributed by atoms with Crippen molar-refractivity contribution in [2.45, 2.75) is 182 Å². The van der Waals surface area contributed by atoms with E-state index in [1.54, 1.807) is 6.42 Å². The topological polar surface area (TPSA) is 0 Å². The summed E-state index contributed by atoms with van der Waals surface area (Å²) in [5, 5.41) is 0. The zero-order chi connectivity index (χ0) is 22.1. The summed E-state index contributed by atoms with van der Waals surface area (Å²) in [6, 6.07) is 0. The van der Waals surface area contributed by atoms with Gasteiger partial charge in [0.05, 0.1) is 0 Å². The van der Waals surface area contributed by atoms with Gasteiger partial charge in [-0.3, -0.25) is 0 Å². The van der Waals surface area contributed by atoms with Crippen LogP contribution in [0.5, 0.6) is 0 Å². The van der Waals surface area contributed by atoms with Crippen LogP contribution in [0.2, 0.25) is 0 Å². The van der Waals surface area contributed by atoms with E-state index in [0.29, 0.717) is 0 Å². The SMILES string of the molecule is CCCCCCCC(CCCCCC)CC(CCCCCCC)CCCCCCC. The highest BCUT2D eigenvalue weighted by Gasteiger charge is 2.16. The van der Waals surface area contributed by atoms with Crippen molar-refractivity contribution >= 4 is 0 Å². The molecule has 0 nitrogen and oxygen atoms in total. The Labute approximate surface area is 193 Å². The highest BCUT2D eigenvalue weighted by atomic mass is 14.2. The van der Waals surface area contributed by atoms with Gasteiger partial charge in [-0.15, -0.1) is 0 Å². The molecule has 182 valence electrons. The highest BCUT2D eigenvalue weighted by molar-refractivity contribution is 4.69. The third-order valence-electron chi connectivity index (χ3n) is 7.28. The van der Waals surface area contributed by atoms with E-state index >= 15 is 0 Å². The minimum Gasteiger partial charge on any atom is -0.0654 e. The van der Waals surface area contributed by atoms with Crippen molar-refractivity contribution < 1.29 is 0 Å². The zero-order valence-electron chi connectivity index (χ0n) is 22.1. The van der Waals surface area contributed by atoms with Gasteiger partial charge in [-0.1, -0.05) is 175 Å². The Balaban J connectivity index is 4.48. The van der Waals surface area contributed by atoms with Crippen LogP contribution in [0.25, 0.3) is 0 Å². The first-order chi connectivity index (χ1) is 14.8. The average Bonchev–Trinajstić information content (AvgIpc) is 2.75. The van der Waals surface area contributed by atoms with Crippen LogP contribution in [0.15, 0.2) is 0 Å². The van der Waals surface area contributed by atoms with E-state index in [4.69, 9.17) is 0 Å². The van der Waals surface area contributed by atoms with E-state index < -0.39 is 0 Å². The maximum Gasteiger partial charge on any atom is -0.0412 e. The van der Waals surface area contributed by atoms with Gasteiger partial charge in [-0.2, -0.15) is 0 Å². The molecule has 0 saturated heterocycles. The Bertz CT molecular complexity index is 280. The van der Waals surface area contributed by atoms with Crippen molar-refractivity contribution in [3.05, 3.63) is 0 Å². The fourth-order valence-corrected chi connectivity index (χ4v) is 5.20. The van der Waals surface area contributed by atoms with Gasteiger partial charge in [-0.05, 0) is 18.3 Å². The molecule has 0 bridgehead atoms. The molecular formula is C30H62. The molecule has 0 fully saturated rings. The van der Waals surface area contributed by atoms with Crippen LogP contribution in [0.4, 0.5) is 0 Å². The molecule has 0 heteroatoms. The molecule has 0 aliphatic rings. The van der Waals surface area contributed by atoms with Gasteiger partial charge in [0, 0.05) is 0 Å². The Morgan fingerprint density at radius 2 is 0.533 bits per heavy atom. The van der Waals surface area contributed by atoms with Crippen molar-refractivity contribution in [3.8, 4) is 0 Å². The Hall–Kier alpha value is 0. The first-order valence-electron chi connectivity index (χ1n) is 14.8. The molecule has 0 aliphatic carbocycles. The second kappa shape index (κ2) is 25.3. The predicted octanol–water partition coefficient (Wildman–Crippen LogP) is 11.7. The summed E-state index contributed by atoms with van der Waals surface area (Å²) in [5.41, 5.74) is 0. The fraction of sp³-hybridized carbons (Fsp3) is 1.00. The van der Waals surface area contributed by atoms with Crippen LogP contribution in [-0.2, 0) is 0 Å². The largest absolute Gasteiger partial charge is 0.0654 e. The van der Waals surface area contributed by atoms with Crippen molar-refractivity contribution in [2.75, 3.05) is 0 Å². The molecule has 0 N–H and O–H groups in total. The first kappa shape index (κ1) is 30.0. The zero-order valence-corrected chi connectivity index (χ0v) is 22.1. The minimum atomic E-state index is 1.03. The Morgan fingerprint density at radius 3 is 0.800 bits per heavy atom. The van der Waals surface area contributed by atoms with Crippen molar-refractivity contribution in [3.63, 3.8) is 0 Å². The van der Waals surface area contributed by atoms with Crippen LogP contribution < -0.4 is 0 Å². The third kappa shape index (κ3) is 21.2. The molecule has 1 atom stereocenters. The summed E-state index contributed by atoms with van der Waals surface area (Å²) in [6.45, 7) is 9.35. The second-order valence-corrected chi connectivity index (χ2v) is 10.4. The van der Waals surface area contributed by atoms with Crippen molar-refractivity contribution in [1.82, 2.24) is 0 Å². The number of unbranched alkanes of at least 4 members (excludes halogenated alkanes) is 15. The molecule has 30 heavy (non-hydrogen) atoms. The Morgan fingerprint density at radius 1 is 0.300 bits per heavy atom. The van der Waals surface area contributed by atoms with Gasteiger partial charge in [0.25, 0.3) is 0 Å². The van der Waals surface area contributed by atoms with E-state index in [2.05, 4.69) is 27.7 Å². The van der Waals surface area contributed by atoms with Gasteiger partial charge in [0.15, 0.2) is 0 Å². The van der Waals surface area contributed by atoms with Crippen LogP contribution in [0, 0.1) is 11.8 Å². The quantitative estimate of drug-likeness (QED) is 0.128. The normalized spacial score (nSPS) is 12.7. The smallest absolute Gasteiger partial charge is 0.0412 e. The maximum atomic E-state index is 2.35. The Kier molecular flexibility index (Phi) is 25.3. The summed E-state index contributed by atoms with van der Waals surface area (Å²) in [4.78, 5) is 0. The lowest BCUT2D eigenvalue weighted by Gasteiger charge is -2.24. The highest BCUT2D eigenvalue weighted by Crippen LogP contribution is 2.31. The molecule has 0 rings (SSSR count). The molecule has 0 spiro atoms. The lowest BCUT2D eigenvalue weighted by Crippen LogP contribution is -2.11. The number of rotatable bonds is 25. The molecule has 0 saturated carbocycles. The summed E-state index contributed by atoms with van der Waals surface area (Å²) in [5.74, 6) is 2.06. The lowest BCUT2D eigenvalue weighted by atomic mass is 9.82. The van der Waals surface area contributed by atoms with Gasteiger partial charge < -0.3 is 0 Å². The maximum absolute atomic E-state index is 2.35. The standard InChI is InChI=1S/C30H62/c1-5-9-13-17-21-25-29(24-20-16-12-8-4)28-30(26-22-18-14-10-6-2)27-23-19-15-11-7-3/h29-30H,5-28H2,1-4H3. The van der Waals surface area contributed by atoms with E-state index in [0.717, 1.165) is 11.8 Å². The molecule has 0 heterocycles. The van der Waals surface area contributed by atoms with Gasteiger partial charge in [0.2, 0.25) is 0 Å². The second-order valence-electron chi connectivity index (χ2n) is 10.4. The first-order valence-corrected chi connectivity index (χ1v) is 14.8.